The molecule has 104 valence electrons. The minimum absolute atomic E-state index is 0. The molecule has 0 aliphatic heterocycles. The van der Waals surface area contributed by atoms with Gasteiger partial charge in [-0.1, -0.05) is 11.8 Å². The number of hydrogen-bond donors (Lipinski definition) is 1. The molecule has 0 saturated heterocycles. The highest BCUT2D eigenvalue weighted by Gasteiger charge is 2.07. The van der Waals surface area contributed by atoms with Crippen LogP contribution in [0.15, 0.2) is 23.4 Å². The molecule has 7 heteroatoms. The van der Waals surface area contributed by atoms with E-state index in [0.29, 0.717) is 11.8 Å². The quantitative estimate of drug-likeness (QED) is 0.666. The molecule has 0 atom stereocenters. The first-order chi connectivity index (χ1) is 8.72. The summed E-state index contributed by atoms with van der Waals surface area (Å²) in [7, 11) is 1.37. The van der Waals surface area contributed by atoms with E-state index in [0.717, 1.165) is 16.8 Å². The van der Waals surface area contributed by atoms with E-state index in [9.17, 15) is 4.79 Å². The largest absolute Gasteiger partial charge is 0.494 e. The van der Waals surface area contributed by atoms with Crippen LogP contribution in [0.5, 0.6) is 5.75 Å². The average molecular weight is 347 g/mol. The van der Waals surface area contributed by atoms with Gasteiger partial charge in [-0.15, -0.1) is 17.0 Å². The SMILES string of the molecule is Br.CCOc1ccc2nc(SCC(=O)OC)[nH]c2c1. The number of methoxy groups -OCH3 is 1. The number of nitrogens with one attached hydrogen (secondary N) is 1. The van der Waals surface area contributed by atoms with Crippen molar-refractivity contribution in [2.75, 3.05) is 19.5 Å². The van der Waals surface area contributed by atoms with E-state index in [1.54, 1.807) is 0 Å². The normalized spacial score (nSPS) is 10.0. The first-order valence-electron chi connectivity index (χ1n) is 5.55. The molecule has 0 aliphatic rings. The van der Waals surface area contributed by atoms with Crippen LogP contribution in [0.2, 0.25) is 0 Å². The number of halogens is 1. The van der Waals surface area contributed by atoms with Crippen LogP contribution >= 0.6 is 28.7 Å². The van der Waals surface area contributed by atoms with Crippen molar-refractivity contribution in [3.8, 4) is 5.75 Å². The molecule has 2 aromatic rings. The van der Waals surface area contributed by atoms with Crippen LogP contribution in [0.3, 0.4) is 0 Å². The Morgan fingerprint density at radius 3 is 2.95 bits per heavy atom. The van der Waals surface area contributed by atoms with E-state index < -0.39 is 0 Å². The summed E-state index contributed by atoms with van der Waals surface area (Å²) in [5, 5.41) is 0.698. The van der Waals surface area contributed by atoms with Gasteiger partial charge in [-0.05, 0) is 19.1 Å². The van der Waals surface area contributed by atoms with Gasteiger partial charge < -0.3 is 14.5 Å². The predicted molar refractivity (Wildman–Crippen MR) is 80.3 cm³/mol. The number of rotatable bonds is 5. The Bertz CT molecular complexity index is 559. The molecule has 0 spiro atoms. The maximum atomic E-state index is 11.0. The van der Waals surface area contributed by atoms with Gasteiger partial charge in [-0.2, -0.15) is 0 Å². The summed E-state index contributed by atoms with van der Waals surface area (Å²) in [5.41, 5.74) is 1.75. The van der Waals surface area contributed by atoms with Gasteiger partial charge in [0.15, 0.2) is 5.16 Å². The number of imidazole rings is 1. The van der Waals surface area contributed by atoms with Crippen molar-refractivity contribution in [2.24, 2.45) is 0 Å². The van der Waals surface area contributed by atoms with Gasteiger partial charge in [0, 0.05) is 6.07 Å². The van der Waals surface area contributed by atoms with Gasteiger partial charge in [-0.3, -0.25) is 4.79 Å². The van der Waals surface area contributed by atoms with E-state index in [1.165, 1.54) is 18.9 Å². The minimum atomic E-state index is -0.268. The molecule has 1 aromatic carbocycles. The first kappa shape index (κ1) is 15.8. The zero-order valence-electron chi connectivity index (χ0n) is 10.6. The number of aromatic amines is 1. The third-order valence-corrected chi connectivity index (χ3v) is 3.14. The zero-order valence-corrected chi connectivity index (χ0v) is 13.2. The number of hydrogen-bond acceptors (Lipinski definition) is 5. The number of benzene rings is 1. The molecule has 1 aromatic heterocycles. The lowest BCUT2D eigenvalue weighted by molar-refractivity contribution is -0.137. The number of ether oxygens (including phenoxy) is 2. The molecule has 0 fully saturated rings. The van der Waals surface area contributed by atoms with Crippen molar-refractivity contribution in [2.45, 2.75) is 12.1 Å². The van der Waals surface area contributed by atoms with Crippen molar-refractivity contribution in [1.29, 1.82) is 0 Å². The smallest absolute Gasteiger partial charge is 0.316 e. The fourth-order valence-corrected chi connectivity index (χ4v) is 2.19. The van der Waals surface area contributed by atoms with Crippen molar-refractivity contribution in [3.63, 3.8) is 0 Å². The van der Waals surface area contributed by atoms with E-state index in [1.807, 2.05) is 25.1 Å². The second kappa shape index (κ2) is 7.40. The third-order valence-electron chi connectivity index (χ3n) is 2.30. The van der Waals surface area contributed by atoms with Crippen LogP contribution in [-0.4, -0.2) is 35.4 Å². The molecular formula is C12H15BrN2O3S. The highest BCUT2D eigenvalue weighted by atomic mass is 79.9. The second-order valence-electron chi connectivity index (χ2n) is 3.52. The molecule has 19 heavy (non-hydrogen) atoms. The summed E-state index contributed by atoms with van der Waals surface area (Å²) < 4.78 is 9.99. The Kier molecular flexibility index (Phi) is 6.17. The van der Waals surface area contributed by atoms with Crippen molar-refractivity contribution >= 4 is 45.7 Å². The number of esters is 1. The number of fused-ring (bicyclic) bond motifs is 1. The first-order valence-corrected chi connectivity index (χ1v) is 6.53. The van der Waals surface area contributed by atoms with Crippen LogP contribution < -0.4 is 4.74 Å². The van der Waals surface area contributed by atoms with Gasteiger partial charge in [0.2, 0.25) is 0 Å². The highest BCUT2D eigenvalue weighted by molar-refractivity contribution is 8.93. The van der Waals surface area contributed by atoms with Crippen LogP contribution in [0, 0.1) is 0 Å². The summed E-state index contributed by atoms with van der Waals surface area (Å²) >= 11 is 1.32. The fraction of sp³-hybridized carbons (Fsp3) is 0.333. The molecule has 0 radical (unpaired) electrons. The molecule has 0 saturated carbocycles. The van der Waals surface area contributed by atoms with Gasteiger partial charge in [-0.25, -0.2) is 4.98 Å². The van der Waals surface area contributed by atoms with Crippen molar-refractivity contribution < 1.29 is 14.3 Å². The standard InChI is InChI=1S/C12H14N2O3S.BrH/c1-3-17-8-4-5-9-10(6-8)14-12(13-9)18-7-11(15)16-2;/h4-6H,3,7H2,1-2H3,(H,13,14);1H. The van der Waals surface area contributed by atoms with Gasteiger partial charge in [0.05, 0.1) is 30.5 Å². The number of thioether (sulfide) groups is 1. The molecule has 1 N–H and O–H groups in total. The van der Waals surface area contributed by atoms with Crippen molar-refractivity contribution in [1.82, 2.24) is 9.97 Å². The van der Waals surface area contributed by atoms with Crippen LogP contribution in [0.1, 0.15) is 6.92 Å². The maximum absolute atomic E-state index is 11.0. The van der Waals surface area contributed by atoms with E-state index in [4.69, 9.17) is 4.74 Å². The number of carbonyl (C=O) groups excluding carboxylic acids is 1. The maximum Gasteiger partial charge on any atom is 0.316 e. The Hall–Kier alpha value is -1.21. The summed E-state index contributed by atoms with van der Waals surface area (Å²) in [6.07, 6.45) is 0. The van der Waals surface area contributed by atoms with Gasteiger partial charge >= 0.3 is 5.97 Å². The number of H-pyrrole nitrogens is 1. The van der Waals surface area contributed by atoms with E-state index in [2.05, 4.69) is 14.7 Å². The monoisotopic (exact) mass is 346 g/mol. The molecule has 0 amide bonds. The topological polar surface area (TPSA) is 64.2 Å². The number of aromatic nitrogens is 2. The van der Waals surface area contributed by atoms with Crippen LogP contribution in [0.4, 0.5) is 0 Å². The lowest BCUT2D eigenvalue weighted by atomic mass is 10.3. The van der Waals surface area contributed by atoms with Gasteiger partial charge in [0.25, 0.3) is 0 Å². The molecule has 5 nitrogen and oxygen atoms in total. The summed E-state index contributed by atoms with van der Waals surface area (Å²) in [6.45, 7) is 2.57. The van der Waals surface area contributed by atoms with Crippen LogP contribution in [-0.2, 0) is 9.53 Å². The summed E-state index contributed by atoms with van der Waals surface area (Å²) in [6, 6.07) is 5.66. The second-order valence-corrected chi connectivity index (χ2v) is 4.48. The average Bonchev–Trinajstić information content (AvgIpc) is 2.78. The van der Waals surface area contributed by atoms with E-state index in [-0.39, 0.29) is 28.7 Å². The number of nitrogens with zero attached hydrogens (tertiary/aromatic N) is 1. The fourth-order valence-electron chi connectivity index (χ4n) is 1.48. The zero-order chi connectivity index (χ0) is 13.0. The Balaban J connectivity index is 0.00000180. The molecule has 0 aliphatic carbocycles. The van der Waals surface area contributed by atoms with Crippen LogP contribution in [0.25, 0.3) is 11.0 Å². The highest BCUT2D eigenvalue weighted by Crippen LogP contribution is 2.23. The Morgan fingerprint density at radius 1 is 1.47 bits per heavy atom. The predicted octanol–water partition coefficient (Wildman–Crippen LogP) is 2.80. The third kappa shape index (κ3) is 4.14. The Labute approximate surface area is 125 Å². The van der Waals surface area contributed by atoms with E-state index >= 15 is 0 Å². The van der Waals surface area contributed by atoms with Gasteiger partial charge in [0.1, 0.15) is 5.75 Å². The summed E-state index contributed by atoms with van der Waals surface area (Å²) in [4.78, 5) is 18.5. The Morgan fingerprint density at radius 2 is 2.26 bits per heavy atom. The molecule has 1 heterocycles. The lowest BCUT2D eigenvalue weighted by Crippen LogP contribution is -2.02. The summed E-state index contributed by atoms with van der Waals surface area (Å²) in [5.74, 6) is 0.780. The lowest BCUT2D eigenvalue weighted by Gasteiger charge is -2.00. The minimum Gasteiger partial charge on any atom is -0.494 e. The number of carbonyl (C=O) groups is 1. The molecular weight excluding hydrogens is 332 g/mol. The van der Waals surface area contributed by atoms with Crippen molar-refractivity contribution in [3.05, 3.63) is 18.2 Å². The molecule has 0 unspecified atom stereocenters. The molecule has 2 rings (SSSR count). The molecule has 0 bridgehead atoms.